The Balaban J connectivity index is 1.21. The van der Waals surface area contributed by atoms with Crippen molar-refractivity contribution in [3.8, 4) is 28.3 Å². The first-order valence-electron chi connectivity index (χ1n) is 13.2. The van der Waals surface area contributed by atoms with Crippen LogP contribution in [0.25, 0.3) is 22.5 Å². The minimum absolute atomic E-state index is 0.00554. The Morgan fingerprint density at radius 2 is 1.83 bits per heavy atom. The van der Waals surface area contributed by atoms with Crippen molar-refractivity contribution in [2.75, 3.05) is 49.4 Å². The fourth-order valence-corrected chi connectivity index (χ4v) is 5.54. The van der Waals surface area contributed by atoms with Gasteiger partial charge in [-0.3, -0.25) is 0 Å². The number of halogens is 4. The maximum atomic E-state index is 15.0. The van der Waals surface area contributed by atoms with Crippen LogP contribution < -0.4 is 20.7 Å². The average molecular weight is 585 g/mol. The molecule has 42 heavy (non-hydrogen) atoms. The van der Waals surface area contributed by atoms with Crippen molar-refractivity contribution < 1.29 is 27.0 Å². The van der Waals surface area contributed by atoms with E-state index in [9.17, 15) is 17.6 Å². The highest BCUT2D eigenvalue weighted by Gasteiger charge is 2.62. The zero-order valence-corrected chi connectivity index (χ0v) is 22.9. The molecule has 0 amide bonds. The molecule has 2 fully saturated rings. The first kappa shape index (κ1) is 27.7. The van der Waals surface area contributed by atoms with E-state index in [1.54, 1.807) is 32.5 Å². The van der Waals surface area contributed by atoms with Gasteiger partial charge in [-0.15, -0.1) is 5.10 Å². The molecule has 220 valence electrons. The number of pyridine rings is 2. The smallest absolute Gasteiger partial charge is 0.249 e. The summed E-state index contributed by atoms with van der Waals surface area (Å²) >= 11 is 0. The number of hydrogen-bond donors (Lipinski definition) is 2. The number of nitrogens with two attached hydrogens (primary N) is 1. The second-order valence-electron chi connectivity index (χ2n) is 10.7. The molecule has 1 aliphatic heterocycles. The molecule has 14 heteroatoms. The summed E-state index contributed by atoms with van der Waals surface area (Å²) in [7, 11) is 3.23. The lowest BCUT2D eigenvalue weighted by Crippen LogP contribution is -2.66. The standard InChI is InChI=1S/C28H28F4N8O2/c1-39-26(36-17-3-4-18(20(29)10-17)19-5-6-34-23(33)22(19)30)37-24(38-39)16-9-21(42-8-7-41-2)25(35-11-16)40-14-27(15-40)12-28(31,32)13-27/h3-6,9-11H,7-8,12-15H2,1-2H3,(H2,33,34)(H,36,37,38). The number of anilines is 4. The second kappa shape index (κ2) is 10.4. The summed E-state index contributed by atoms with van der Waals surface area (Å²) in [6.07, 6.45) is 2.70. The van der Waals surface area contributed by atoms with E-state index in [1.807, 2.05) is 4.90 Å². The molecule has 4 heterocycles. The molecule has 0 atom stereocenters. The van der Waals surface area contributed by atoms with E-state index in [0.29, 0.717) is 54.3 Å². The summed E-state index contributed by atoms with van der Waals surface area (Å²) in [4.78, 5) is 14.7. The fourth-order valence-electron chi connectivity index (χ4n) is 5.54. The quantitative estimate of drug-likeness (QED) is 0.211. The van der Waals surface area contributed by atoms with Crippen molar-refractivity contribution in [2.24, 2.45) is 12.5 Å². The maximum Gasteiger partial charge on any atom is 0.249 e. The third-order valence-corrected chi connectivity index (χ3v) is 7.45. The summed E-state index contributed by atoms with van der Waals surface area (Å²) in [6.45, 7) is 1.60. The molecule has 6 rings (SSSR count). The molecule has 0 unspecified atom stereocenters. The number of rotatable bonds is 9. The van der Waals surface area contributed by atoms with E-state index in [0.717, 1.165) is 0 Å². The van der Waals surface area contributed by atoms with Crippen LogP contribution in [0.5, 0.6) is 5.75 Å². The number of nitrogens with zero attached hydrogens (tertiary/aromatic N) is 6. The number of alkyl halides is 2. The normalized spacial score (nSPS) is 16.7. The lowest BCUT2D eigenvalue weighted by Gasteiger charge is -2.59. The molecule has 3 N–H and O–H groups in total. The van der Waals surface area contributed by atoms with E-state index in [-0.39, 0.29) is 41.8 Å². The minimum Gasteiger partial charge on any atom is -0.487 e. The highest BCUT2D eigenvalue weighted by molar-refractivity contribution is 5.71. The van der Waals surface area contributed by atoms with E-state index < -0.39 is 17.6 Å². The van der Waals surface area contributed by atoms with Gasteiger partial charge in [0.1, 0.15) is 12.4 Å². The summed E-state index contributed by atoms with van der Waals surface area (Å²) in [5, 5.41) is 7.48. The zero-order valence-electron chi connectivity index (χ0n) is 22.9. The van der Waals surface area contributed by atoms with Gasteiger partial charge in [-0.1, -0.05) is 0 Å². The van der Waals surface area contributed by atoms with Gasteiger partial charge in [0, 0.05) is 80.3 Å². The molecule has 1 saturated carbocycles. The van der Waals surface area contributed by atoms with Crippen LogP contribution in [0.3, 0.4) is 0 Å². The van der Waals surface area contributed by atoms with Crippen LogP contribution >= 0.6 is 0 Å². The van der Waals surface area contributed by atoms with Crippen molar-refractivity contribution in [3.63, 3.8) is 0 Å². The third-order valence-electron chi connectivity index (χ3n) is 7.45. The maximum absolute atomic E-state index is 15.0. The largest absolute Gasteiger partial charge is 0.487 e. The SMILES string of the molecule is COCCOc1cc(-c2nc(Nc3ccc(-c4ccnc(N)c4F)c(F)c3)n(C)n2)cnc1N1CC2(C1)CC(F)(F)C2. The van der Waals surface area contributed by atoms with Gasteiger partial charge >= 0.3 is 0 Å². The third kappa shape index (κ3) is 5.17. The predicted molar refractivity (Wildman–Crippen MR) is 148 cm³/mol. The van der Waals surface area contributed by atoms with E-state index in [1.165, 1.54) is 29.1 Å². The van der Waals surface area contributed by atoms with Gasteiger partial charge in [0.15, 0.2) is 29.0 Å². The number of aryl methyl sites for hydroxylation is 1. The van der Waals surface area contributed by atoms with Crippen LogP contribution in [0.2, 0.25) is 0 Å². The summed E-state index contributed by atoms with van der Waals surface area (Å²) in [6, 6.07) is 7.34. The van der Waals surface area contributed by atoms with Crippen molar-refractivity contribution >= 4 is 23.3 Å². The molecular weight excluding hydrogens is 556 g/mol. The highest BCUT2D eigenvalue weighted by atomic mass is 19.3. The first-order valence-corrected chi connectivity index (χ1v) is 13.2. The Hall–Kier alpha value is -4.46. The predicted octanol–water partition coefficient (Wildman–Crippen LogP) is 4.80. The van der Waals surface area contributed by atoms with Gasteiger partial charge in [0.2, 0.25) is 11.9 Å². The lowest BCUT2D eigenvalue weighted by atomic mass is 9.61. The Morgan fingerprint density at radius 3 is 2.55 bits per heavy atom. The number of nitrogens with one attached hydrogen (secondary N) is 1. The molecule has 3 aromatic heterocycles. The summed E-state index contributed by atoms with van der Waals surface area (Å²) in [5.74, 6) is -2.67. The lowest BCUT2D eigenvalue weighted by molar-refractivity contribution is -0.170. The van der Waals surface area contributed by atoms with Gasteiger partial charge < -0.3 is 25.4 Å². The van der Waals surface area contributed by atoms with Crippen LogP contribution in [0.4, 0.5) is 40.8 Å². The molecule has 1 spiro atoms. The molecule has 1 aliphatic carbocycles. The van der Waals surface area contributed by atoms with Crippen molar-refractivity contribution in [2.45, 2.75) is 18.8 Å². The minimum atomic E-state index is -2.59. The second-order valence-corrected chi connectivity index (χ2v) is 10.7. The highest BCUT2D eigenvalue weighted by Crippen LogP contribution is 2.57. The van der Waals surface area contributed by atoms with Crippen LogP contribution in [0.15, 0.2) is 42.7 Å². The monoisotopic (exact) mass is 584 g/mol. The number of nitrogen functional groups attached to an aromatic ring is 1. The molecule has 1 saturated heterocycles. The van der Waals surface area contributed by atoms with Gasteiger partial charge in [0.05, 0.1) is 6.61 Å². The summed E-state index contributed by atoms with van der Waals surface area (Å²) in [5.41, 5.74) is 6.13. The number of benzene rings is 1. The molecule has 10 nitrogen and oxygen atoms in total. The van der Waals surface area contributed by atoms with Gasteiger partial charge in [-0.25, -0.2) is 32.2 Å². The van der Waals surface area contributed by atoms with Crippen molar-refractivity contribution in [3.05, 3.63) is 54.4 Å². The molecule has 0 bridgehead atoms. The first-order chi connectivity index (χ1) is 20.1. The number of methoxy groups -OCH3 is 1. The molecular formula is C28H28F4N8O2. The Bertz CT molecular complexity index is 1630. The van der Waals surface area contributed by atoms with Gasteiger partial charge in [-0.2, -0.15) is 4.98 Å². The molecule has 1 aromatic carbocycles. The van der Waals surface area contributed by atoms with Crippen LogP contribution in [0, 0.1) is 17.0 Å². The van der Waals surface area contributed by atoms with E-state index in [2.05, 4.69) is 25.4 Å². The Kier molecular flexibility index (Phi) is 6.87. The number of hydrogen-bond acceptors (Lipinski definition) is 9. The number of aromatic nitrogens is 5. The van der Waals surface area contributed by atoms with Crippen LogP contribution in [-0.4, -0.2) is 64.1 Å². The zero-order chi connectivity index (χ0) is 29.6. The molecule has 4 aromatic rings. The Labute approximate surface area is 238 Å². The summed E-state index contributed by atoms with van der Waals surface area (Å²) < 4.78 is 68.8. The Morgan fingerprint density at radius 1 is 1.05 bits per heavy atom. The van der Waals surface area contributed by atoms with Crippen LogP contribution in [0.1, 0.15) is 12.8 Å². The average Bonchev–Trinajstić information content (AvgIpc) is 3.28. The van der Waals surface area contributed by atoms with E-state index in [4.69, 9.17) is 15.2 Å². The van der Waals surface area contributed by atoms with Gasteiger partial charge in [0.25, 0.3) is 0 Å². The fraction of sp³-hybridized carbons (Fsp3) is 0.357. The van der Waals surface area contributed by atoms with E-state index >= 15 is 0 Å². The number of ether oxygens (including phenoxy) is 2. The molecule has 2 aliphatic rings. The van der Waals surface area contributed by atoms with Crippen LogP contribution in [-0.2, 0) is 11.8 Å². The van der Waals surface area contributed by atoms with Crippen molar-refractivity contribution in [1.29, 1.82) is 0 Å². The topological polar surface area (TPSA) is 116 Å². The van der Waals surface area contributed by atoms with Crippen molar-refractivity contribution in [1.82, 2.24) is 24.7 Å². The molecule has 0 radical (unpaired) electrons. The van der Waals surface area contributed by atoms with Gasteiger partial charge in [-0.05, 0) is 30.3 Å².